The van der Waals surface area contributed by atoms with E-state index in [2.05, 4.69) is 12.6 Å². The van der Waals surface area contributed by atoms with Crippen molar-refractivity contribution in [2.75, 3.05) is 6.61 Å². The van der Waals surface area contributed by atoms with E-state index in [1.54, 1.807) is 19.1 Å². The van der Waals surface area contributed by atoms with Gasteiger partial charge >= 0.3 is 5.97 Å². The van der Waals surface area contributed by atoms with Crippen LogP contribution >= 0.6 is 12.6 Å². The number of carbonyl (C=O) groups excluding carboxylic acids is 1. The predicted molar refractivity (Wildman–Crippen MR) is 59.8 cm³/mol. The van der Waals surface area contributed by atoms with Crippen molar-refractivity contribution in [3.8, 4) is 0 Å². The maximum atomic E-state index is 11.3. The van der Waals surface area contributed by atoms with E-state index < -0.39 is 0 Å². The van der Waals surface area contributed by atoms with Crippen molar-refractivity contribution in [3.05, 3.63) is 35.4 Å². The van der Waals surface area contributed by atoms with E-state index in [9.17, 15) is 4.79 Å². The highest BCUT2D eigenvalue weighted by molar-refractivity contribution is 7.80. The first-order valence-electron chi connectivity index (χ1n) is 4.60. The molecule has 3 heteroatoms. The van der Waals surface area contributed by atoms with E-state index in [1.807, 2.05) is 19.1 Å². The minimum Gasteiger partial charge on any atom is -0.462 e. The summed E-state index contributed by atoms with van der Waals surface area (Å²) in [5, 5.41) is 0.186. The van der Waals surface area contributed by atoms with Crippen LogP contribution in [0.5, 0.6) is 0 Å². The molecule has 0 aliphatic rings. The number of benzene rings is 1. The summed E-state index contributed by atoms with van der Waals surface area (Å²) in [6, 6.07) is 7.31. The van der Waals surface area contributed by atoms with Crippen molar-refractivity contribution < 1.29 is 9.53 Å². The molecule has 0 spiro atoms. The number of hydrogen-bond acceptors (Lipinski definition) is 3. The molecule has 0 radical (unpaired) electrons. The van der Waals surface area contributed by atoms with Gasteiger partial charge in [0.2, 0.25) is 0 Å². The van der Waals surface area contributed by atoms with E-state index in [0.717, 1.165) is 5.56 Å². The first kappa shape index (κ1) is 11.1. The first-order valence-corrected chi connectivity index (χ1v) is 5.12. The Hall–Kier alpha value is -0.960. The van der Waals surface area contributed by atoms with Crippen LogP contribution in [0.2, 0.25) is 0 Å². The Kier molecular flexibility index (Phi) is 4.01. The van der Waals surface area contributed by atoms with Crippen molar-refractivity contribution in [1.82, 2.24) is 0 Å². The van der Waals surface area contributed by atoms with Crippen molar-refractivity contribution in [1.29, 1.82) is 0 Å². The van der Waals surface area contributed by atoms with Crippen LogP contribution in [0.3, 0.4) is 0 Å². The van der Waals surface area contributed by atoms with Crippen LogP contribution in [0.15, 0.2) is 24.3 Å². The number of esters is 1. The minimum atomic E-state index is -0.272. The van der Waals surface area contributed by atoms with Gasteiger partial charge in [-0.25, -0.2) is 4.79 Å². The molecule has 0 saturated heterocycles. The largest absolute Gasteiger partial charge is 0.462 e. The Labute approximate surface area is 89.7 Å². The third-order valence-corrected chi connectivity index (χ3v) is 2.20. The zero-order valence-electron chi connectivity index (χ0n) is 8.36. The van der Waals surface area contributed by atoms with Gasteiger partial charge in [-0.15, -0.1) is 0 Å². The molecule has 0 aliphatic heterocycles. The van der Waals surface area contributed by atoms with Crippen LogP contribution in [0, 0.1) is 0 Å². The quantitative estimate of drug-likeness (QED) is 0.613. The summed E-state index contributed by atoms with van der Waals surface area (Å²) in [7, 11) is 0. The Morgan fingerprint density at radius 3 is 2.43 bits per heavy atom. The van der Waals surface area contributed by atoms with Crippen molar-refractivity contribution >= 4 is 18.6 Å². The van der Waals surface area contributed by atoms with Crippen LogP contribution < -0.4 is 0 Å². The van der Waals surface area contributed by atoms with Crippen molar-refractivity contribution in [2.45, 2.75) is 19.1 Å². The molecule has 0 amide bonds. The van der Waals surface area contributed by atoms with Crippen molar-refractivity contribution in [3.63, 3.8) is 0 Å². The lowest BCUT2D eigenvalue weighted by molar-refractivity contribution is 0.0526. The van der Waals surface area contributed by atoms with Gasteiger partial charge in [-0.2, -0.15) is 12.6 Å². The number of carbonyl (C=O) groups is 1. The Morgan fingerprint density at radius 2 is 2.00 bits per heavy atom. The molecule has 1 atom stereocenters. The summed E-state index contributed by atoms with van der Waals surface area (Å²) >= 11 is 4.30. The summed E-state index contributed by atoms with van der Waals surface area (Å²) in [4.78, 5) is 11.3. The van der Waals surface area contributed by atoms with Crippen LogP contribution in [0.25, 0.3) is 0 Å². The topological polar surface area (TPSA) is 26.3 Å². The second kappa shape index (κ2) is 5.05. The van der Waals surface area contributed by atoms with Gasteiger partial charge in [-0.1, -0.05) is 12.1 Å². The van der Waals surface area contributed by atoms with Crippen LogP contribution in [-0.4, -0.2) is 12.6 Å². The molecule has 1 aromatic carbocycles. The van der Waals surface area contributed by atoms with Gasteiger partial charge in [0.15, 0.2) is 0 Å². The molecule has 0 fully saturated rings. The van der Waals surface area contributed by atoms with E-state index in [-0.39, 0.29) is 11.2 Å². The normalized spacial score (nSPS) is 12.2. The van der Waals surface area contributed by atoms with E-state index in [0.29, 0.717) is 12.2 Å². The van der Waals surface area contributed by atoms with Gasteiger partial charge in [0.1, 0.15) is 0 Å². The lowest BCUT2D eigenvalue weighted by Crippen LogP contribution is -2.04. The van der Waals surface area contributed by atoms with E-state index in [1.165, 1.54) is 0 Å². The average Bonchev–Trinajstić information content (AvgIpc) is 2.18. The van der Waals surface area contributed by atoms with Crippen LogP contribution in [-0.2, 0) is 4.74 Å². The summed E-state index contributed by atoms with van der Waals surface area (Å²) in [6.07, 6.45) is 0. The first-order chi connectivity index (χ1) is 6.65. The molecule has 0 N–H and O–H groups in total. The third-order valence-electron chi connectivity index (χ3n) is 1.90. The molecule has 0 saturated carbocycles. The smallest absolute Gasteiger partial charge is 0.338 e. The zero-order valence-corrected chi connectivity index (χ0v) is 9.25. The highest BCUT2D eigenvalue weighted by Crippen LogP contribution is 2.18. The molecule has 1 aromatic rings. The molecule has 0 aliphatic carbocycles. The summed E-state index contributed by atoms with van der Waals surface area (Å²) in [5.74, 6) is -0.272. The molecule has 76 valence electrons. The molecule has 0 bridgehead atoms. The van der Waals surface area contributed by atoms with Crippen molar-refractivity contribution in [2.24, 2.45) is 0 Å². The standard InChI is InChI=1S/C11H14O2S/c1-3-13-11(12)10-6-4-9(5-7-10)8(2)14/h4-8,14H,3H2,1-2H3. The molecule has 0 heterocycles. The Balaban J connectivity index is 2.78. The van der Waals surface area contributed by atoms with Crippen LogP contribution in [0.4, 0.5) is 0 Å². The molecule has 0 aromatic heterocycles. The number of hydrogen-bond donors (Lipinski definition) is 1. The maximum Gasteiger partial charge on any atom is 0.338 e. The van der Waals surface area contributed by atoms with Gasteiger partial charge in [-0.05, 0) is 31.5 Å². The van der Waals surface area contributed by atoms with Gasteiger partial charge in [-0.3, -0.25) is 0 Å². The minimum absolute atomic E-state index is 0.186. The molecular formula is C11H14O2S. The van der Waals surface area contributed by atoms with Gasteiger partial charge in [0.05, 0.1) is 12.2 Å². The molecular weight excluding hydrogens is 196 g/mol. The average molecular weight is 210 g/mol. The predicted octanol–water partition coefficient (Wildman–Crippen LogP) is 2.85. The third kappa shape index (κ3) is 2.77. The maximum absolute atomic E-state index is 11.3. The fourth-order valence-electron chi connectivity index (χ4n) is 1.11. The molecule has 2 nitrogen and oxygen atoms in total. The number of thiol groups is 1. The Morgan fingerprint density at radius 1 is 1.43 bits per heavy atom. The molecule has 1 unspecified atom stereocenters. The van der Waals surface area contributed by atoms with Crippen LogP contribution in [0.1, 0.15) is 35.0 Å². The fourth-order valence-corrected chi connectivity index (χ4v) is 1.28. The van der Waals surface area contributed by atoms with E-state index in [4.69, 9.17) is 4.74 Å². The second-order valence-electron chi connectivity index (χ2n) is 3.02. The highest BCUT2D eigenvalue weighted by atomic mass is 32.1. The fraction of sp³-hybridized carbons (Fsp3) is 0.364. The molecule has 14 heavy (non-hydrogen) atoms. The molecule has 1 rings (SSSR count). The lowest BCUT2D eigenvalue weighted by Gasteiger charge is -2.05. The number of rotatable bonds is 3. The Bertz CT molecular complexity index is 304. The SMILES string of the molecule is CCOC(=O)c1ccc(C(C)S)cc1. The van der Waals surface area contributed by atoms with Gasteiger partial charge < -0.3 is 4.74 Å². The highest BCUT2D eigenvalue weighted by Gasteiger charge is 2.06. The summed E-state index contributed by atoms with van der Waals surface area (Å²) in [6.45, 7) is 4.19. The summed E-state index contributed by atoms with van der Waals surface area (Å²) < 4.78 is 4.87. The van der Waals surface area contributed by atoms with E-state index >= 15 is 0 Å². The van der Waals surface area contributed by atoms with Gasteiger partial charge in [0, 0.05) is 5.25 Å². The lowest BCUT2D eigenvalue weighted by atomic mass is 10.1. The second-order valence-corrected chi connectivity index (χ2v) is 3.79. The summed E-state index contributed by atoms with van der Waals surface area (Å²) in [5.41, 5.74) is 1.69. The van der Waals surface area contributed by atoms with Gasteiger partial charge in [0.25, 0.3) is 0 Å². The zero-order chi connectivity index (χ0) is 10.6. The monoisotopic (exact) mass is 210 g/mol. The number of ether oxygens (including phenoxy) is 1.